The van der Waals surface area contributed by atoms with E-state index < -0.39 is 47.8 Å². The summed E-state index contributed by atoms with van der Waals surface area (Å²) >= 11 is 0. The van der Waals surface area contributed by atoms with Gasteiger partial charge in [0.1, 0.15) is 9.79 Å². The average Bonchev–Trinajstić information content (AvgIpc) is 3.47. The molecule has 1 aromatic heterocycles. The summed E-state index contributed by atoms with van der Waals surface area (Å²) in [5.74, 6) is -2.15. The number of rotatable bonds is 10. The Bertz CT molecular complexity index is 1970. The molecule has 0 saturated heterocycles. The van der Waals surface area contributed by atoms with Crippen LogP contribution in [0.5, 0.6) is 5.88 Å². The fourth-order valence-corrected chi connectivity index (χ4v) is 5.55. The second-order valence-electron chi connectivity index (χ2n) is 8.95. The van der Waals surface area contributed by atoms with Crippen molar-refractivity contribution in [3.05, 3.63) is 89.7 Å². The molecule has 3 N–H and O–H groups in total. The monoisotopic (exact) mass is 642 g/mol. The maximum Gasteiger partial charge on any atom is 0.359 e. The summed E-state index contributed by atoms with van der Waals surface area (Å²) in [5.41, 5.74) is -0.276. The van der Waals surface area contributed by atoms with Crippen LogP contribution in [0, 0.1) is 0 Å². The molecule has 0 unspecified atom stereocenters. The molecule has 230 valence electrons. The standard InChI is InChI=1S/C28H26N4O10S2/c1-3-20-18(26(33)31(29-20)21-14-8-10-16-23(21)43(36,37)38)12-6-5-7-13-19-25(28(35)42-4-2)30-32(27(19)34)22-15-9-11-17-24(22)44(39,40)41/h5-17,34H,3-4H2,1-2H3,(H,36,37,38)(H,39,40,41)/b6-5?,13-7?,18-12-. The van der Waals surface area contributed by atoms with E-state index >= 15 is 0 Å². The number of aromatic nitrogens is 2. The van der Waals surface area contributed by atoms with Gasteiger partial charge in [-0.05, 0) is 49.8 Å². The van der Waals surface area contributed by atoms with E-state index in [0.29, 0.717) is 12.1 Å². The fourth-order valence-electron chi connectivity index (χ4n) is 4.21. The number of esters is 1. The maximum atomic E-state index is 13.2. The molecule has 44 heavy (non-hydrogen) atoms. The van der Waals surface area contributed by atoms with Crippen molar-refractivity contribution in [2.75, 3.05) is 11.6 Å². The van der Waals surface area contributed by atoms with E-state index in [1.165, 1.54) is 66.8 Å². The normalized spacial score (nSPS) is 15.1. The van der Waals surface area contributed by atoms with E-state index in [2.05, 4.69) is 10.2 Å². The molecule has 1 amide bonds. The zero-order valence-corrected chi connectivity index (χ0v) is 24.9. The molecule has 3 aromatic rings. The van der Waals surface area contributed by atoms with E-state index in [4.69, 9.17) is 4.74 Å². The second-order valence-corrected chi connectivity index (χ2v) is 11.7. The molecule has 2 heterocycles. The topological polar surface area (TPSA) is 206 Å². The summed E-state index contributed by atoms with van der Waals surface area (Å²) < 4.78 is 72.4. The van der Waals surface area contributed by atoms with Gasteiger partial charge in [-0.3, -0.25) is 13.9 Å². The molecule has 0 radical (unpaired) electrons. The van der Waals surface area contributed by atoms with Crippen LogP contribution in [-0.2, 0) is 29.8 Å². The van der Waals surface area contributed by atoms with Gasteiger partial charge in [-0.15, -0.1) is 0 Å². The Hall–Kier alpha value is -4.90. The van der Waals surface area contributed by atoms with Gasteiger partial charge in [0, 0.05) is 0 Å². The van der Waals surface area contributed by atoms with Crippen molar-refractivity contribution >= 4 is 49.6 Å². The Balaban J connectivity index is 1.67. The highest BCUT2D eigenvalue weighted by molar-refractivity contribution is 7.86. The Morgan fingerprint density at radius 1 is 0.909 bits per heavy atom. The van der Waals surface area contributed by atoms with Gasteiger partial charge in [0.15, 0.2) is 5.69 Å². The summed E-state index contributed by atoms with van der Waals surface area (Å²) in [5, 5.41) is 20.1. The van der Waals surface area contributed by atoms with E-state index in [0.717, 1.165) is 21.8 Å². The SMILES string of the molecule is CCOC(=O)c1nn(-c2ccccc2S(=O)(=O)O)c(O)c1C=CC=C/C=C1\C(=O)N(c2ccccc2S(=O)(=O)O)N=C1CC. The predicted molar refractivity (Wildman–Crippen MR) is 159 cm³/mol. The van der Waals surface area contributed by atoms with E-state index in [1.54, 1.807) is 13.8 Å². The van der Waals surface area contributed by atoms with Crippen molar-refractivity contribution < 1.29 is 45.4 Å². The Kier molecular flexibility index (Phi) is 9.29. The largest absolute Gasteiger partial charge is 0.493 e. The lowest BCUT2D eigenvalue weighted by Gasteiger charge is -2.14. The number of amides is 1. The van der Waals surface area contributed by atoms with Crippen LogP contribution in [0.3, 0.4) is 0 Å². The van der Waals surface area contributed by atoms with Crippen LogP contribution in [0.25, 0.3) is 11.8 Å². The Morgan fingerprint density at radius 3 is 2.09 bits per heavy atom. The lowest BCUT2D eigenvalue weighted by Crippen LogP contribution is -2.23. The van der Waals surface area contributed by atoms with Crippen molar-refractivity contribution in [2.24, 2.45) is 5.10 Å². The van der Waals surface area contributed by atoms with Crippen LogP contribution in [0.15, 0.2) is 93.3 Å². The molecule has 14 nitrogen and oxygen atoms in total. The highest BCUT2D eigenvalue weighted by Crippen LogP contribution is 2.32. The van der Waals surface area contributed by atoms with E-state index in [-0.39, 0.29) is 34.8 Å². The number of hydrogen-bond acceptors (Lipinski definition) is 10. The number of anilines is 1. The van der Waals surface area contributed by atoms with Crippen LogP contribution in [0.4, 0.5) is 5.69 Å². The molecule has 1 aliphatic rings. The number of carbonyl (C=O) groups is 2. The lowest BCUT2D eigenvalue weighted by molar-refractivity contribution is -0.114. The lowest BCUT2D eigenvalue weighted by atomic mass is 10.1. The summed E-state index contributed by atoms with van der Waals surface area (Å²) in [7, 11) is -9.35. The molecule has 1 aliphatic heterocycles. The molecule has 0 saturated carbocycles. The van der Waals surface area contributed by atoms with Crippen LogP contribution < -0.4 is 5.01 Å². The molecule has 0 aliphatic carbocycles. The molecular weight excluding hydrogens is 616 g/mol. The zero-order chi connectivity index (χ0) is 32.2. The van der Waals surface area contributed by atoms with Gasteiger partial charge in [-0.2, -0.15) is 36.7 Å². The Morgan fingerprint density at radius 2 is 1.50 bits per heavy atom. The van der Waals surface area contributed by atoms with Gasteiger partial charge < -0.3 is 9.84 Å². The summed E-state index contributed by atoms with van der Waals surface area (Å²) in [6, 6.07) is 10.5. The van der Waals surface area contributed by atoms with E-state index in [9.17, 15) is 40.6 Å². The second kappa shape index (κ2) is 12.8. The smallest absolute Gasteiger partial charge is 0.359 e. The number of ether oxygens (including phenoxy) is 1. The summed E-state index contributed by atoms with van der Waals surface area (Å²) in [6.07, 6.45) is 7.39. The summed E-state index contributed by atoms with van der Waals surface area (Å²) in [4.78, 5) is 24.7. The number of hydrazone groups is 1. The van der Waals surface area contributed by atoms with Crippen molar-refractivity contribution in [1.29, 1.82) is 0 Å². The molecule has 0 fully saturated rings. The van der Waals surface area contributed by atoms with Gasteiger partial charge in [0.25, 0.3) is 26.1 Å². The van der Waals surface area contributed by atoms with Crippen molar-refractivity contribution in [3.63, 3.8) is 0 Å². The third kappa shape index (κ3) is 6.52. The minimum absolute atomic E-state index is 0.00817. The number of aromatic hydroxyl groups is 1. The molecule has 0 spiro atoms. The molecule has 2 aromatic carbocycles. The van der Waals surface area contributed by atoms with Gasteiger partial charge in [0.2, 0.25) is 5.88 Å². The first-order chi connectivity index (χ1) is 20.8. The number of allylic oxidation sites excluding steroid dienone is 4. The molecule has 0 bridgehead atoms. The Labute approximate surface area is 252 Å². The third-order valence-corrected chi connectivity index (χ3v) is 7.95. The first-order valence-electron chi connectivity index (χ1n) is 12.9. The summed E-state index contributed by atoms with van der Waals surface area (Å²) in [6.45, 7) is 3.31. The van der Waals surface area contributed by atoms with Gasteiger partial charge in [-0.25, -0.2) is 4.79 Å². The zero-order valence-electron chi connectivity index (χ0n) is 23.2. The number of benzene rings is 2. The molecule has 16 heteroatoms. The minimum atomic E-state index is -4.71. The number of nitrogens with zero attached hydrogens (tertiary/aromatic N) is 4. The van der Waals surface area contributed by atoms with Crippen molar-refractivity contribution in [1.82, 2.24) is 9.78 Å². The van der Waals surface area contributed by atoms with Crippen LogP contribution in [0.2, 0.25) is 0 Å². The average molecular weight is 643 g/mol. The van der Waals surface area contributed by atoms with E-state index in [1.807, 2.05) is 0 Å². The van der Waals surface area contributed by atoms with Crippen LogP contribution in [0.1, 0.15) is 36.3 Å². The van der Waals surface area contributed by atoms with Crippen molar-refractivity contribution in [2.45, 2.75) is 30.1 Å². The van der Waals surface area contributed by atoms with Crippen LogP contribution >= 0.6 is 0 Å². The molecule has 0 atom stereocenters. The van der Waals surface area contributed by atoms with Crippen LogP contribution in [-0.4, -0.2) is 65.0 Å². The number of para-hydroxylation sites is 2. The minimum Gasteiger partial charge on any atom is -0.493 e. The fraction of sp³-hybridized carbons (Fsp3) is 0.143. The molecule has 4 rings (SSSR count). The highest BCUT2D eigenvalue weighted by atomic mass is 32.2. The first-order valence-corrected chi connectivity index (χ1v) is 15.8. The molecular formula is C28H26N4O10S2. The predicted octanol–water partition coefficient (Wildman–Crippen LogP) is 3.56. The number of carbonyl (C=O) groups excluding carboxylic acids is 2. The quantitative estimate of drug-likeness (QED) is 0.126. The number of hydrogen-bond donors (Lipinski definition) is 3. The van der Waals surface area contributed by atoms with Gasteiger partial charge in [-0.1, -0.05) is 49.4 Å². The van der Waals surface area contributed by atoms with Gasteiger partial charge >= 0.3 is 5.97 Å². The van der Waals surface area contributed by atoms with Gasteiger partial charge in [0.05, 0.1) is 34.8 Å². The van der Waals surface area contributed by atoms with Crippen molar-refractivity contribution in [3.8, 4) is 11.6 Å². The highest BCUT2D eigenvalue weighted by Gasteiger charge is 2.33. The first kappa shape index (κ1) is 32.0. The third-order valence-electron chi connectivity index (χ3n) is 6.15. The maximum absolute atomic E-state index is 13.2.